The van der Waals surface area contributed by atoms with Crippen LogP contribution in [-0.4, -0.2) is 54.3 Å². The molecular weight excluding hydrogens is 481 g/mol. The molecule has 1 fully saturated rings. The zero-order valence-corrected chi connectivity index (χ0v) is 19.7. The molecule has 1 aromatic carbocycles. The number of nitrogens with zero attached hydrogens (tertiary/aromatic N) is 4. The predicted octanol–water partition coefficient (Wildman–Crippen LogP) is 4.14. The molecule has 0 aliphatic carbocycles. The van der Waals surface area contributed by atoms with Crippen LogP contribution in [0.3, 0.4) is 0 Å². The fourth-order valence-electron chi connectivity index (χ4n) is 3.32. The number of halogens is 1. The van der Waals surface area contributed by atoms with Gasteiger partial charge in [0.05, 0.1) is 7.11 Å². The number of likely N-dealkylation sites (tertiary alicyclic amines) is 1. The van der Waals surface area contributed by atoms with E-state index in [1.807, 2.05) is 24.3 Å². The third-order valence-corrected chi connectivity index (χ3v) is 4.87. The lowest BCUT2D eigenvalue weighted by Crippen LogP contribution is -2.39. The quantitative estimate of drug-likeness (QED) is 0.235. The minimum absolute atomic E-state index is 0. The summed E-state index contributed by atoms with van der Waals surface area (Å²) in [5, 5.41) is 7.48. The maximum atomic E-state index is 5.38. The Morgan fingerprint density at radius 2 is 1.93 bits per heavy atom. The fraction of sp³-hybridized carbons (Fsp3) is 0.571. The molecule has 0 amide bonds. The minimum Gasteiger partial charge on any atom is -0.497 e. The molecule has 0 spiro atoms. The second kappa shape index (κ2) is 12.7. The van der Waals surface area contributed by atoms with Gasteiger partial charge in [-0.15, -0.1) is 24.0 Å². The van der Waals surface area contributed by atoms with Crippen LogP contribution in [0, 0.1) is 0 Å². The van der Waals surface area contributed by atoms with Gasteiger partial charge in [0.2, 0.25) is 11.7 Å². The van der Waals surface area contributed by atoms with Gasteiger partial charge in [0.25, 0.3) is 0 Å². The van der Waals surface area contributed by atoms with Gasteiger partial charge in [-0.05, 0) is 56.9 Å². The lowest BCUT2D eigenvalue weighted by atomic mass is 10.2. The smallest absolute Gasteiger partial charge is 0.226 e. The number of nitrogens with one attached hydrogen (secondary N) is 1. The molecule has 0 saturated carbocycles. The van der Waals surface area contributed by atoms with Crippen molar-refractivity contribution in [2.24, 2.45) is 4.99 Å². The number of hydrogen-bond donors (Lipinski definition) is 1. The Hall–Kier alpha value is -1.84. The molecule has 1 aromatic heterocycles. The highest BCUT2D eigenvalue weighted by molar-refractivity contribution is 14.0. The summed E-state index contributed by atoms with van der Waals surface area (Å²) < 4.78 is 10.6. The Morgan fingerprint density at radius 3 is 2.62 bits per heavy atom. The SMILES string of the molecule is CCNC(=NCCCCCc1nc(-c2ccc(OC)cc2)no1)N1CCCC1.I. The van der Waals surface area contributed by atoms with Crippen LogP contribution in [0.5, 0.6) is 5.75 Å². The molecule has 160 valence electrons. The first-order valence-corrected chi connectivity index (χ1v) is 10.3. The Bertz CT molecular complexity index is 742. The molecule has 1 N–H and O–H groups in total. The molecule has 0 radical (unpaired) electrons. The second-order valence-electron chi connectivity index (χ2n) is 6.98. The number of hydrogen-bond acceptors (Lipinski definition) is 5. The van der Waals surface area contributed by atoms with Crippen molar-refractivity contribution in [1.29, 1.82) is 0 Å². The topological polar surface area (TPSA) is 75.8 Å². The van der Waals surface area contributed by atoms with Gasteiger partial charge in [0, 0.05) is 38.2 Å². The lowest BCUT2D eigenvalue weighted by Gasteiger charge is -2.20. The van der Waals surface area contributed by atoms with Crippen LogP contribution in [0.4, 0.5) is 0 Å². The van der Waals surface area contributed by atoms with Gasteiger partial charge in [-0.25, -0.2) is 0 Å². The molecule has 3 rings (SSSR count). The summed E-state index contributed by atoms with van der Waals surface area (Å²) in [4.78, 5) is 11.6. The van der Waals surface area contributed by atoms with Crippen molar-refractivity contribution in [3.8, 4) is 17.1 Å². The first-order valence-electron chi connectivity index (χ1n) is 10.3. The van der Waals surface area contributed by atoms with Gasteiger partial charge in [0.1, 0.15) is 5.75 Å². The van der Waals surface area contributed by atoms with Crippen LogP contribution < -0.4 is 10.1 Å². The van der Waals surface area contributed by atoms with E-state index >= 15 is 0 Å². The lowest BCUT2D eigenvalue weighted by molar-refractivity contribution is 0.374. The van der Waals surface area contributed by atoms with E-state index in [4.69, 9.17) is 14.3 Å². The van der Waals surface area contributed by atoms with E-state index in [1.54, 1.807) is 7.11 Å². The van der Waals surface area contributed by atoms with Crippen LogP contribution in [0.1, 0.15) is 44.9 Å². The third-order valence-electron chi connectivity index (χ3n) is 4.87. The van der Waals surface area contributed by atoms with Crippen LogP contribution in [0.25, 0.3) is 11.4 Å². The number of rotatable bonds is 9. The average Bonchev–Trinajstić information content (AvgIpc) is 3.42. The molecular formula is C21H32IN5O2. The summed E-state index contributed by atoms with van der Waals surface area (Å²) in [6.07, 6.45) is 6.55. The monoisotopic (exact) mass is 513 g/mol. The Morgan fingerprint density at radius 1 is 1.17 bits per heavy atom. The molecule has 29 heavy (non-hydrogen) atoms. The molecule has 0 unspecified atom stereocenters. The van der Waals surface area contributed by atoms with Crippen LogP contribution >= 0.6 is 24.0 Å². The number of benzene rings is 1. The van der Waals surface area contributed by atoms with E-state index in [-0.39, 0.29) is 24.0 Å². The molecule has 0 bridgehead atoms. The van der Waals surface area contributed by atoms with Crippen molar-refractivity contribution in [3.63, 3.8) is 0 Å². The molecule has 0 atom stereocenters. The summed E-state index contributed by atoms with van der Waals surface area (Å²) >= 11 is 0. The first kappa shape index (κ1) is 23.4. The van der Waals surface area contributed by atoms with Gasteiger partial charge in [-0.2, -0.15) is 4.98 Å². The van der Waals surface area contributed by atoms with Crippen LogP contribution in [0.2, 0.25) is 0 Å². The first-order chi connectivity index (χ1) is 13.8. The highest BCUT2D eigenvalue weighted by Gasteiger charge is 2.15. The fourth-order valence-corrected chi connectivity index (χ4v) is 3.32. The van der Waals surface area contributed by atoms with E-state index < -0.39 is 0 Å². The maximum Gasteiger partial charge on any atom is 0.226 e. The highest BCUT2D eigenvalue weighted by atomic mass is 127. The van der Waals surface area contributed by atoms with Crippen LogP contribution in [-0.2, 0) is 6.42 Å². The molecule has 1 aliphatic rings. The number of aliphatic imine (C=N–C) groups is 1. The minimum atomic E-state index is 0. The number of unbranched alkanes of at least 4 members (excludes halogenated alkanes) is 2. The van der Waals surface area contributed by atoms with E-state index in [0.29, 0.717) is 11.7 Å². The molecule has 2 aromatic rings. The highest BCUT2D eigenvalue weighted by Crippen LogP contribution is 2.20. The summed E-state index contributed by atoms with van der Waals surface area (Å²) in [5.41, 5.74) is 0.933. The van der Waals surface area contributed by atoms with E-state index in [2.05, 4.69) is 27.3 Å². The van der Waals surface area contributed by atoms with Gasteiger partial charge < -0.3 is 19.5 Å². The molecule has 2 heterocycles. The average molecular weight is 513 g/mol. The van der Waals surface area contributed by atoms with E-state index in [1.165, 1.54) is 12.8 Å². The number of methoxy groups -OCH3 is 1. The normalized spacial score (nSPS) is 14.0. The molecule has 7 nitrogen and oxygen atoms in total. The van der Waals surface area contributed by atoms with Crippen LogP contribution in [0.15, 0.2) is 33.8 Å². The van der Waals surface area contributed by atoms with Crippen molar-refractivity contribution in [2.45, 2.75) is 45.4 Å². The molecule has 1 saturated heterocycles. The molecule has 8 heteroatoms. The Labute approximate surface area is 190 Å². The van der Waals surface area contributed by atoms with Gasteiger partial charge in [0.15, 0.2) is 5.96 Å². The summed E-state index contributed by atoms with van der Waals surface area (Å²) in [5.74, 6) is 3.21. The van der Waals surface area contributed by atoms with Gasteiger partial charge >= 0.3 is 0 Å². The van der Waals surface area contributed by atoms with Crippen molar-refractivity contribution < 1.29 is 9.26 Å². The number of aryl methyl sites for hydroxylation is 1. The summed E-state index contributed by atoms with van der Waals surface area (Å²) in [7, 11) is 1.65. The summed E-state index contributed by atoms with van der Waals surface area (Å²) in [6, 6.07) is 7.67. The predicted molar refractivity (Wildman–Crippen MR) is 126 cm³/mol. The summed E-state index contributed by atoms with van der Waals surface area (Å²) in [6.45, 7) is 6.15. The molecule has 1 aliphatic heterocycles. The maximum absolute atomic E-state index is 5.38. The zero-order valence-electron chi connectivity index (χ0n) is 17.4. The van der Waals surface area contributed by atoms with Crippen molar-refractivity contribution >= 4 is 29.9 Å². The van der Waals surface area contributed by atoms with E-state index in [9.17, 15) is 0 Å². The van der Waals surface area contributed by atoms with Crippen molar-refractivity contribution in [2.75, 3.05) is 33.3 Å². The van der Waals surface area contributed by atoms with Crippen molar-refractivity contribution in [3.05, 3.63) is 30.2 Å². The Kier molecular flexibility index (Phi) is 10.2. The van der Waals surface area contributed by atoms with Gasteiger partial charge in [-0.3, -0.25) is 4.99 Å². The third kappa shape index (κ3) is 7.17. The zero-order chi connectivity index (χ0) is 19.6. The van der Waals surface area contributed by atoms with E-state index in [0.717, 1.165) is 69.1 Å². The Balaban J connectivity index is 0.00000300. The largest absolute Gasteiger partial charge is 0.497 e. The van der Waals surface area contributed by atoms with Crippen molar-refractivity contribution in [1.82, 2.24) is 20.4 Å². The number of aromatic nitrogens is 2. The second-order valence-corrected chi connectivity index (χ2v) is 6.98. The van der Waals surface area contributed by atoms with Gasteiger partial charge in [-0.1, -0.05) is 11.6 Å². The number of guanidine groups is 1. The number of ether oxygens (including phenoxy) is 1. The standard InChI is InChI=1S/C21H31N5O2.HI/c1-3-22-21(26-15-7-8-16-26)23-14-6-4-5-9-19-24-20(25-28-19)17-10-12-18(27-2)13-11-17;/h10-13H,3-9,14-16H2,1-2H3,(H,22,23);1H.